The van der Waals surface area contributed by atoms with Crippen LogP contribution in [-0.2, 0) is 9.59 Å². The molecule has 0 aromatic rings. The Morgan fingerprint density at radius 3 is 2.20 bits per heavy atom. The fourth-order valence-electron chi connectivity index (χ4n) is 2.94. The molecule has 20 heavy (non-hydrogen) atoms. The fourth-order valence-corrected chi connectivity index (χ4v) is 2.94. The summed E-state index contributed by atoms with van der Waals surface area (Å²) in [4.78, 5) is 25.2. The molecule has 0 heterocycles. The smallest absolute Gasteiger partial charge is 0.307 e. The van der Waals surface area contributed by atoms with E-state index in [9.17, 15) is 9.59 Å². The first-order valence-electron chi connectivity index (χ1n) is 7.50. The summed E-state index contributed by atoms with van der Waals surface area (Å²) in [5.74, 6) is -2.05. The van der Waals surface area contributed by atoms with Gasteiger partial charge in [0.15, 0.2) is 0 Å². The van der Waals surface area contributed by atoms with Crippen LogP contribution in [0.5, 0.6) is 0 Å². The topological polar surface area (TPSA) is 77.8 Å². The second kappa shape index (κ2) is 7.07. The molecule has 1 rings (SSSR count). The van der Waals surface area contributed by atoms with Crippen molar-refractivity contribution < 1.29 is 19.8 Å². The third-order valence-electron chi connectivity index (χ3n) is 4.32. The van der Waals surface area contributed by atoms with Crippen LogP contribution in [-0.4, -0.2) is 46.7 Å². The number of carbonyl (C=O) groups is 2. The minimum absolute atomic E-state index is 0.0790. The van der Waals surface area contributed by atoms with Crippen molar-refractivity contribution in [2.45, 2.75) is 46.5 Å². The van der Waals surface area contributed by atoms with Gasteiger partial charge in [-0.05, 0) is 11.8 Å². The number of carbonyl (C=O) groups excluding carboxylic acids is 1. The summed E-state index contributed by atoms with van der Waals surface area (Å²) in [5, 5.41) is 18.2. The molecule has 0 saturated heterocycles. The van der Waals surface area contributed by atoms with Gasteiger partial charge in [0.25, 0.3) is 0 Å². The first kappa shape index (κ1) is 17.0. The van der Waals surface area contributed by atoms with E-state index in [-0.39, 0.29) is 12.5 Å². The van der Waals surface area contributed by atoms with Gasteiger partial charge in [0.1, 0.15) is 0 Å². The van der Waals surface area contributed by atoms with Crippen LogP contribution in [0.15, 0.2) is 0 Å². The zero-order chi connectivity index (χ0) is 15.3. The van der Waals surface area contributed by atoms with Crippen molar-refractivity contribution in [2.75, 3.05) is 19.7 Å². The predicted octanol–water partition coefficient (Wildman–Crippen LogP) is 1.74. The lowest BCUT2D eigenvalue weighted by molar-refractivity contribution is -0.142. The van der Waals surface area contributed by atoms with Crippen molar-refractivity contribution in [1.29, 1.82) is 0 Å². The van der Waals surface area contributed by atoms with Gasteiger partial charge in [-0.3, -0.25) is 9.59 Å². The molecule has 116 valence electrons. The van der Waals surface area contributed by atoms with Crippen molar-refractivity contribution in [2.24, 2.45) is 17.3 Å². The zero-order valence-electron chi connectivity index (χ0n) is 12.8. The second-order valence-electron chi connectivity index (χ2n) is 6.22. The number of unbranched alkanes of at least 4 members (excludes halogenated alkanes) is 3. The lowest BCUT2D eigenvalue weighted by atomic mass is 10.1. The molecule has 1 amide bonds. The Morgan fingerprint density at radius 1 is 1.10 bits per heavy atom. The maximum absolute atomic E-state index is 12.4. The Bertz CT molecular complexity index is 354. The maximum atomic E-state index is 12.4. The molecule has 0 aliphatic heterocycles. The summed E-state index contributed by atoms with van der Waals surface area (Å²) in [6, 6.07) is 0. The maximum Gasteiger partial charge on any atom is 0.307 e. The highest BCUT2D eigenvalue weighted by atomic mass is 16.4. The number of hydrogen-bond donors (Lipinski definition) is 2. The standard InChI is InChI=1S/C15H27NO4/c1-4-5-6-7-8-16(9-10-17)13(18)11-12(14(19)20)15(11,2)3/h11-12,17H,4-10H2,1-3H3,(H,19,20)/t11-,12+/m1/s1. The van der Waals surface area contributed by atoms with Crippen molar-refractivity contribution in [3.05, 3.63) is 0 Å². The van der Waals surface area contributed by atoms with E-state index in [1.807, 2.05) is 13.8 Å². The van der Waals surface area contributed by atoms with Gasteiger partial charge < -0.3 is 15.1 Å². The molecule has 0 bridgehead atoms. The molecule has 0 spiro atoms. The van der Waals surface area contributed by atoms with Crippen molar-refractivity contribution >= 4 is 11.9 Å². The average Bonchev–Trinajstić information content (AvgIpc) is 2.95. The van der Waals surface area contributed by atoms with E-state index in [1.165, 1.54) is 0 Å². The molecule has 1 fully saturated rings. The summed E-state index contributed by atoms with van der Waals surface area (Å²) in [6.45, 7) is 6.60. The molecule has 5 heteroatoms. The highest BCUT2D eigenvalue weighted by Crippen LogP contribution is 2.59. The van der Waals surface area contributed by atoms with Crippen LogP contribution >= 0.6 is 0 Å². The van der Waals surface area contributed by atoms with Crippen LogP contribution < -0.4 is 0 Å². The Kier molecular flexibility index (Phi) is 5.99. The molecule has 2 N–H and O–H groups in total. The number of carboxylic acids is 1. The minimum atomic E-state index is -0.900. The van der Waals surface area contributed by atoms with Crippen LogP contribution in [0.4, 0.5) is 0 Å². The second-order valence-corrected chi connectivity index (χ2v) is 6.22. The van der Waals surface area contributed by atoms with E-state index < -0.39 is 23.2 Å². The zero-order valence-corrected chi connectivity index (χ0v) is 12.8. The van der Waals surface area contributed by atoms with E-state index in [4.69, 9.17) is 10.2 Å². The first-order chi connectivity index (χ1) is 9.37. The molecule has 2 atom stereocenters. The van der Waals surface area contributed by atoms with Gasteiger partial charge in [0.05, 0.1) is 18.4 Å². The molecule has 0 aromatic carbocycles. The summed E-state index contributed by atoms with van der Waals surface area (Å²) in [5.41, 5.74) is -0.472. The summed E-state index contributed by atoms with van der Waals surface area (Å²) in [6.07, 6.45) is 4.23. The van der Waals surface area contributed by atoms with Gasteiger partial charge >= 0.3 is 5.97 Å². The van der Waals surface area contributed by atoms with Crippen LogP contribution in [0, 0.1) is 17.3 Å². The minimum Gasteiger partial charge on any atom is -0.481 e. The average molecular weight is 285 g/mol. The van der Waals surface area contributed by atoms with Crippen LogP contribution in [0.2, 0.25) is 0 Å². The van der Waals surface area contributed by atoms with Crippen molar-refractivity contribution in [3.63, 3.8) is 0 Å². The van der Waals surface area contributed by atoms with Crippen LogP contribution in [0.25, 0.3) is 0 Å². The molecular formula is C15H27NO4. The third-order valence-corrected chi connectivity index (χ3v) is 4.32. The third kappa shape index (κ3) is 3.72. The van der Waals surface area contributed by atoms with E-state index >= 15 is 0 Å². The molecule has 0 unspecified atom stereocenters. The van der Waals surface area contributed by atoms with Crippen molar-refractivity contribution in [3.8, 4) is 0 Å². The number of aliphatic carboxylic acids is 1. The van der Waals surface area contributed by atoms with Crippen LogP contribution in [0.1, 0.15) is 46.5 Å². The Labute approximate surface area is 121 Å². The normalized spacial score (nSPS) is 23.4. The Hall–Kier alpha value is -1.10. The van der Waals surface area contributed by atoms with E-state index in [0.717, 1.165) is 25.7 Å². The Balaban J connectivity index is 2.59. The quantitative estimate of drug-likeness (QED) is 0.633. The van der Waals surface area contributed by atoms with Gasteiger partial charge in [-0.25, -0.2) is 0 Å². The molecule has 1 aliphatic carbocycles. The number of nitrogens with zero attached hydrogens (tertiary/aromatic N) is 1. The van der Waals surface area contributed by atoms with E-state index in [1.54, 1.807) is 4.90 Å². The number of carboxylic acid groups (broad SMARTS) is 1. The highest BCUT2D eigenvalue weighted by Gasteiger charge is 2.66. The Morgan fingerprint density at radius 2 is 1.75 bits per heavy atom. The number of aliphatic hydroxyl groups excluding tert-OH is 1. The SMILES string of the molecule is CCCCCCN(CCO)C(=O)[C@H]1[C@@H](C(=O)O)C1(C)C. The lowest BCUT2D eigenvalue weighted by Gasteiger charge is -2.22. The lowest BCUT2D eigenvalue weighted by Crippen LogP contribution is -2.36. The highest BCUT2D eigenvalue weighted by molar-refractivity contribution is 5.91. The summed E-state index contributed by atoms with van der Waals surface area (Å²) >= 11 is 0. The van der Waals surface area contributed by atoms with Gasteiger partial charge in [0.2, 0.25) is 5.91 Å². The van der Waals surface area contributed by atoms with E-state index in [0.29, 0.717) is 13.1 Å². The van der Waals surface area contributed by atoms with Gasteiger partial charge in [0, 0.05) is 13.1 Å². The molecule has 1 saturated carbocycles. The molecule has 5 nitrogen and oxygen atoms in total. The monoisotopic (exact) mass is 285 g/mol. The molecule has 1 aliphatic rings. The predicted molar refractivity (Wildman–Crippen MR) is 76.2 cm³/mol. The van der Waals surface area contributed by atoms with Gasteiger partial charge in [-0.1, -0.05) is 40.0 Å². The fraction of sp³-hybridized carbons (Fsp3) is 0.867. The number of hydrogen-bond acceptors (Lipinski definition) is 3. The number of aliphatic hydroxyl groups is 1. The molecule has 0 radical (unpaired) electrons. The van der Waals surface area contributed by atoms with Gasteiger partial charge in [-0.2, -0.15) is 0 Å². The molecular weight excluding hydrogens is 258 g/mol. The number of amides is 1. The summed E-state index contributed by atoms with van der Waals surface area (Å²) < 4.78 is 0. The molecule has 0 aromatic heterocycles. The van der Waals surface area contributed by atoms with Crippen molar-refractivity contribution in [1.82, 2.24) is 4.90 Å². The number of rotatable bonds is 9. The summed E-state index contributed by atoms with van der Waals surface area (Å²) in [7, 11) is 0. The largest absolute Gasteiger partial charge is 0.481 e. The van der Waals surface area contributed by atoms with Crippen LogP contribution in [0.3, 0.4) is 0 Å². The van der Waals surface area contributed by atoms with Gasteiger partial charge in [-0.15, -0.1) is 0 Å². The van der Waals surface area contributed by atoms with E-state index in [2.05, 4.69) is 6.92 Å². The first-order valence-corrected chi connectivity index (χ1v) is 7.50.